The molecule has 1 N–H and O–H groups in total. The van der Waals surface area contributed by atoms with E-state index in [9.17, 15) is 18.0 Å². The Morgan fingerprint density at radius 1 is 1.00 bits per heavy atom. The summed E-state index contributed by atoms with van der Waals surface area (Å²) in [6, 6.07) is 19.0. The number of carbonyl (C=O) groups excluding carboxylic acids is 1. The minimum absolute atomic E-state index is 0.0904. The van der Waals surface area contributed by atoms with Crippen LogP contribution in [0.2, 0.25) is 5.02 Å². The molecule has 0 saturated heterocycles. The first-order valence-electron chi connectivity index (χ1n) is 9.00. The average Bonchev–Trinajstić information content (AvgIpc) is 3.18. The number of hydrogen-bond donors (Lipinski definition) is 1. The molecule has 4 rings (SSSR count). The van der Waals surface area contributed by atoms with Gasteiger partial charge in [0, 0.05) is 11.6 Å². The molecule has 4 nitrogen and oxygen atoms in total. The Kier molecular flexibility index (Phi) is 5.22. The lowest BCUT2D eigenvalue weighted by Gasteiger charge is -2.13. The molecule has 0 aliphatic carbocycles. The van der Waals surface area contributed by atoms with Gasteiger partial charge in [0.2, 0.25) is 0 Å². The zero-order valence-corrected chi connectivity index (χ0v) is 16.2. The molecule has 1 amide bonds. The van der Waals surface area contributed by atoms with E-state index >= 15 is 0 Å². The maximum atomic E-state index is 13.7. The second-order valence-electron chi connectivity index (χ2n) is 6.66. The predicted octanol–water partition coefficient (Wildman–Crippen LogP) is 5.63. The van der Waals surface area contributed by atoms with E-state index in [1.807, 2.05) is 42.5 Å². The molecule has 0 radical (unpaired) electrons. The minimum Gasteiger partial charge on any atom is -0.348 e. The molecule has 1 heterocycles. The van der Waals surface area contributed by atoms with Crippen molar-refractivity contribution in [2.75, 3.05) is 0 Å². The van der Waals surface area contributed by atoms with E-state index in [4.69, 9.17) is 11.6 Å². The lowest BCUT2D eigenvalue weighted by atomic mass is 10.1. The molecule has 8 heteroatoms. The van der Waals surface area contributed by atoms with E-state index in [1.54, 1.807) is 0 Å². The van der Waals surface area contributed by atoms with Crippen molar-refractivity contribution in [2.45, 2.75) is 12.7 Å². The zero-order valence-electron chi connectivity index (χ0n) is 15.4. The maximum absolute atomic E-state index is 13.7. The number of carbonyl (C=O) groups is 1. The van der Waals surface area contributed by atoms with Gasteiger partial charge < -0.3 is 5.32 Å². The van der Waals surface area contributed by atoms with Gasteiger partial charge in [0.1, 0.15) is 0 Å². The maximum Gasteiger partial charge on any atom is 0.434 e. The predicted molar refractivity (Wildman–Crippen MR) is 109 cm³/mol. The Morgan fingerprint density at radius 3 is 2.40 bits per heavy atom. The molecule has 0 unspecified atom stereocenters. The van der Waals surface area contributed by atoms with Crippen molar-refractivity contribution in [1.82, 2.24) is 15.1 Å². The fourth-order valence-corrected chi connectivity index (χ4v) is 3.32. The van der Waals surface area contributed by atoms with Gasteiger partial charge in [-0.1, -0.05) is 48.0 Å². The minimum atomic E-state index is -4.77. The first-order chi connectivity index (χ1) is 14.3. The Hall–Kier alpha value is -3.32. The highest BCUT2D eigenvalue weighted by Crippen LogP contribution is 2.34. The Balaban J connectivity index is 1.60. The summed E-state index contributed by atoms with van der Waals surface area (Å²) in [5, 5.41) is 8.75. The van der Waals surface area contributed by atoms with Crippen LogP contribution in [0.25, 0.3) is 16.5 Å². The van der Waals surface area contributed by atoms with Crippen molar-refractivity contribution in [2.24, 2.45) is 0 Å². The van der Waals surface area contributed by atoms with Gasteiger partial charge in [-0.2, -0.15) is 18.3 Å². The van der Waals surface area contributed by atoms with Crippen molar-refractivity contribution in [1.29, 1.82) is 0 Å². The number of benzene rings is 3. The van der Waals surface area contributed by atoms with E-state index in [1.165, 1.54) is 24.3 Å². The van der Waals surface area contributed by atoms with Gasteiger partial charge in [-0.25, -0.2) is 4.68 Å². The highest BCUT2D eigenvalue weighted by atomic mass is 35.5. The molecule has 0 fully saturated rings. The van der Waals surface area contributed by atoms with Crippen molar-refractivity contribution in [3.05, 3.63) is 94.8 Å². The van der Waals surface area contributed by atoms with E-state index in [-0.39, 0.29) is 12.2 Å². The molecule has 30 heavy (non-hydrogen) atoms. The third-order valence-electron chi connectivity index (χ3n) is 4.62. The van der Waals surface area contributed by atoms with E-state index in [2.05, 4.69) is 10.4 Å². The largest absolute Gasteiger partial charge is 0.434 e. The van der Waals surface area contributed by atoms with Gasteiger partial charge in [-0.15, -0.1) is 0 Å². The number of aromatic nitrogens is 2. The summed E-state index contributed by atoms with van der Waals surface area (Å²) in [6.45, 7) is 0.0904. The molecule has 0 aliphatic rings. The fraction of sp³-hybridized carbons (Fsp3) is 0.0909. The van der Waals surface area contributed by atoms with Crippen LogP contribution in [0, 0.1) is 0 Å². The van der Waals surface area contributed by atoms with Crippen LogP contribution in [0.15, 0.2) is 72.9 Å². The summed E-state index contributed by atoms with van der Waals surface area (Å²) in [5.41, 5.74) is -0.750. The number of hydrogen-bond acceptors (Lipinski definition) is 2. The number of nitrogens with zero attached hydrogens (tertiary/aromatic N) is 2. The topological polar surface area (TPSA) is 46.9 Å². The zero-order chi connectivity index (χ0) is 21.3. The summed E-state index contributed by atoms with van der Waals surface area (Å²) in [6.07, 6.45) is -3.85. The highest BCUT2D eigenvalue weighted by molar-refractivity contribution is 6.30. The number of amides is 1. The van der Waals surface area contributed by atoms with Crippen molar-refractivity contribution in [3.63, 3.8) is 0 Å². The van der Waals surface area contributed by atoms with Crippen LogP contribution in [0.5, 0.6) is 0 Å². The van der Waals surface area contributed by atoms with E-state index in [0.717, 1.165) is 22.5 Å². The second kappa shape index (κ2) is 7.84. The van der Waals surface area contributed by atoms with Crippen LogP contribution in [-0.2, 0) is 12.7 Å². The van der Waals surface area contributed by atoms with Crippen LogP contribution in [0.4, 0.5) is 13.2 Å². The molecule has 0 atom stereocenters. The van der Waals surface area contributed by atoms with Gasteiger partial charge >= 0.3 is 6.18 Å². The monoisotopic (exact) mass is 429 g/mol. The molecule has 1 aromatic heterocycles. The number of nitrogens with one attached hydrogen (secondary N) is 1. The van der Waals surface area contributed by atoms with Gasteiger partial charge in [0.25, 0.3) is 5.91 Å². The number of halogens is 4. The van der Waals surface area contributed by atoms with Crippen molar-refractivity contribution >= 4 is 28.3 Å². The standard InChI is InChI=1S/C22H15ClF3N3O/c23-17-7-9-18(10-8-17)29-20(22(24,25)26)19(13-28-29)21(30)27-12-14-5-6-15-3-1-2-4-16(15)11-14/h1-11,13H,12H2,(H,27,30). The smallest absolute Gasteiger partial charge is 0.348 e. The normalized spacial score (nSPS) is 11.6. The molecule has 4 aromatic rings. The summed E-state index contributed by atoms with van der Waals surface area (Å²) in [4.78, 5) is 12.6. The first kappa shape index (κ1) is 20.0. The van der Waals surface area contributed by atoms with Crippen LogP contribution in [0.3, 0.4) is 0 Å². The third-order valence-corrected chi connectivity index (χ3v) is 4.87. The van der Waals surface area contributed by atoms with Gasteiger partial charge in [-0.05, 0) is 46.7 Å². The quantitative estimate of drug-likeness (QED) is 0.457. The van der Waals surface area contributed by atoms with Crippen molar-refractivity contribution in [3.8, 4) is 5.69 Å². The number of rotatable bonds is 4. The van der Waals surface area contributed by atoms with E-state index in [0.29, 0.717) is 9.70 Å². The van der Waals surface area contributed by atoms with Crippen LogP contribution in [-0.4, -0.2) is 15.7 Å². The van der Waals surface area contributed by atoms with Crippen LogP contribution in [0.1, 0.15) is 21.6 Å². The van der Waals surface area contributed by atoms with E-state index < -0.39 is 23.3 Å². The average molecular weight is 430 g/mol. The molecular weight excluding hydrogens is 415 g/mol. The SMILES string of the molecule is O=C(NCc1ccc2ccccc2c1)c1cnn(-c2ccc(Cl)cc2)c1C(F)(F)F. The molecule has 0 saturated carbocycles. The second-order valence-corrected chi connectivity index (χ2v) is 7.09. The molecule has 0 bridgehead atoms. The molecule has 0 spiro atoms. The Morgan fingerprint density at radius 2 is 1.70 bits per heavy atom. The van der Waals surface area contributed by atoms with Crippen molar-refractivity contribution < 1.29 is 18.0 Å². The van der Waals surface area contributed by atoms with Crippen LogP contribution >= 0.6 is 11.6 Å². The van der Waals surface area contributed by atoms with Gasteiger partial charge in [0.15, 0.2) is 5.69 Å². The number of fused-ring (bicyclic) bond motifs is 1. The molecular formula is C22H15ClF3N3O. The fourth-order valence-electron chi connectivity index (χ4n) is 3.19. The van der Waals surface area contributed by atoms with Crippen LogP contribution < -0.4 is 5.32 Å². The highest BCUT2D eigenvalue weighted by Gasteiger charge is 2.40. The summed E-state index contributed by atoms with van der Waals surface area (Å²) in [7, 11) is 0. The summed E-state index contributed by atoms with van der Waals surface area (Å²) in [5.74, 6) is -0.851. The molecule has 152 valence electrons. The Labute approximate surface area is 174 Å². The molecule has 0 aliphatic heterocycles. The summed E-state index contributed by atoms with van der Waals surface area (Å²) >= 11 is 5.80. The molecule has 3 aromatic carbocycles. The Bertz CT molecular complexity index is 1220. The summed E-state index contributed by atoms with van der Waals surface area (Å²) < 4.78 is 41.9. The van der Waals surface area contributed by atoms with Gasteiger partial charge in [0.05, 0.1) is 17.4 Å². The lowest BCUT2D eigenvalue weighted by molar-refractivity contribution is -0.143. The number of alkyl halides is 3. The third kappa shape index (κ3) is 4.02. The van der Waals surface area contributed by atoms with Gasteiger partial charge in [-0.3, -0.25) is 4.79 Å². The lowest BCUT2D eigenvalue weighted by Crippen LogP contribution is -2.26. The first-order valence-corrected chi connectivity index (χ1v) is 9.38.